The van der Waals surface area contributed by atoms with E-state index in [0.29, 0.717) is 5.13 Å². The molecule has 2 N–H and O–H groups in total. The number of urea groups is 1. The first-order valence-corrected chi connectivity index (χ1v) is 9.36. The first-order chi connectivity index (χ1) is 10.8. The van der Waals surface area contributed by atoms with E-state index >= 15 is 0 Å². The highest BCUT2D eigenvalue weighted by Crippen LogP contribution is 2.35. The fraction of sp³-hybridized carbons (Fsp3) is 0.750. The Bertz CT molecular complexity index is 465. The molecule has 1 aliphatic carbocycles. The normalized spacial score (nSPS) is 22.2. The Kier molecular flexibility index (Phi) is 5.31. The van der Waals surface area contributed by atoms with E-state index in [1.54, 1.807) is 6.20 Å². The molecule has 0 atom stereocenters. The molecular weight excluding hydrogens is 296 g/mol. The lowest BCUT2D eigenvalue weighted by atomic mass is 9.79. The fourth-order valence-electron chi connectivity index (χ4n) is 3.85. The summed E-state index contributed by atoms with van der Waals surface area (Å²) in [5, 5.41) is 8.45. The van der Waals surface area contributed by atoms with Gasteiger partial charge in [0.1, 0.15) is 0 Å². The number of hydrogen-bond acceptors (Lipinski definition) is 4. The van der Waals surface area contributed by atoms with Crippen LogP contribution in [0, 0.1) is 0 Å². The molecule has 3 rings (SSSR count). The number of nitrogens with zero attached hydrogens (tertiary/aromatic N) is 2. The largest absolute Gasteiger partial charge is 0.336 e. The van der Waals surface area contributed by atoms with Crippen molar-refractivity contribution in [3.63, 3.8) is 0 Å². The van der Waals surface area contributed by atoms with E-state index in [0.717, 1.165) is 6.54 Å². The fourth-order valence-corrected chi connectivity index (χ4v) is 4.38. The van der Waals surface area contributed by atoms with Crippen LogP contribution in [0.25, 0.3) is 0 Å². The number of thiazole rings is 1. The SMILES string of the molecule is O=C(NCC1(N2CCCCC2)CCCCC1)Nc1nccs1. The zero-order valence-corrected chi connectivity index (χ0v) is 14.0. The van der Waals surface area contributed by atoms with Crippen molar-refractivity contribution < 1.29 is 4.79 Å². The van der Waals surface area contributed by atoms with Crippen molar-refractivity contribution in [3.05, 3.63) is 11.6 Å². The zero-order chi connectivity index (χ0) is 15.3. The molecular formula is C16H26N4OS. The second-order valence-corrected chi connectivity index (χ2v) is 7.37. The van der Waals surface area contributed by atoms with E-state index in [1.165, 1.54) is 75.8 Å². The van der Waals surface area contributed by atoms with Crippen LogP contribution in [-0.2, 0) is 0 Å². The van der Waals surface area contributed by atoms with Crippen LogP contribution in [0.3, 0.4) is 0 Å². The molecule has 0 aromatic carbocycles. The van der Waals surface area contributed by atoms with Crippen LogP contribution in [0.4, 0.5) is 9.93 Å². The number of amides is 2. The topological polar surface area (TPSA) is 57.3 Å². The number of likely N-dealkylation sites (tertiary alicyclic amines) is 1. The third-order valence-electron chi connectivity index (χ3n) is 5.04. The van der Waals surface area contributed by atoms with Crippen LogP contribution in [-0.4, -0.2) is 41.1 Å². The molecule has 2 fully saturated rings. The van der Waals surface area contributed by atoms with Crippen molar-refractivity contribution in [3.8, 4) is 0 Å². The molecule has 1 saturated heterocycles. The van der Waals surface area contributed by atoms with Crippen molar-refractivity contribution in [2.24, 2.45) is 0 Å². The Labute approximate surface area is 136 Å². The van der Waals surface area contributed by atoms with Crippen LogP contribution in [0.5, 0.6) is 0 Å². The number of carbonyl (C=O) groups is 1. The minimum atomic E-state index is -0.128. The smallest absolute Gasteiger partial charge is 0.321 e. The summed E-state index contributed by atoms with van der Waals surface area (Å²) in [6.45, 7) is 3.13. The molecule has 2 heterocycles. The predicted octanol–water partition coefficient (Wildman–Crippen LogP) is 3.45. The molecule has 5 nitrogen and oxygen atoms in total. The van der Waals surface area contributed by atoms with Gasteiger partial charge in [-0.25, -0.2) is 9.78 Å². The number of aromatic nitrogens is 1. The molecule has 1 aromatic rings. The molecule has 6 heteroatoms. The van der Waals surface area contributed by atoms with E-state index in [1.807, 2.05) is 5.38 Å². The summed E-state index contributed by atoms with van der Waals surface area (Å²) >= 11 is 1.45. The van der Waals surface area contributed by atoms with Crippen LogP contribution in [0.15, 0.2) is 11.6 Å². The summed E-state index contributed by atoms with van der Waals surface area (Å²) in [4.78, 5) is 18.9. The van der Waals surface area contributed by atoms with Gasteiger partial charge in [-0.1, -0.05) is 25.7 Å². The van der Waals surface area contributed by atoms with E-state index in [-0.39, 0.29) is 11.6 Å². The molecule has 0 spiro atoms. The summed E-state index contributed by atoms with van der Waals surface area (Å²) < 4.78 is 0. The van der Waals surface area contributed by atoms with E-state index in [2.05, 4.69) is 20.5 Å². The van der Waals surface area contributed by atoms with Gasteiger partial charge in [0.2, 0.25) is 0 Å². The second-order valence-electron chi connectivity index (χ2n) is 6.48. The van der Waals surface area contributed by atoms with Crippen molar-refractivity contribution in [1.29, 1.82) is 0 Å². The highest BCUT2D eigenvalue weighted by Gasteiger charge is 2.38. The number of hydrogen-bond donors (Lipinski definition) is 2. The quantitative estimate of drug-likeness (QED) is 0.892. The van der Waals surface area contributed by atoms with Crippen LogP contribution < -0.4 is 10.6 Å². The average molecular weight is 322 g/mol. The summed E-state index contributed by atoms with van der Waals surface area (Å²) in [5.41, 5.74) is 0.179. The molecule has 2 aliphatic rings. The van der Waals surface area contributed by atoms with Gasteiger partial charge in [0, 0.05) is 23.7 Å². The van der Waals surface area contributed by atoms with Gasteiger partial charge < -0.3 is 5.32 Å². The number of anilines is 1. The third-order valence-corrected chi connectivity index (χ3v) is 5.73. The average Bonchev–Trinajstić information content (AvgIpc) is 3.08. The molecule has 0 radical (unpaired) electrons. The lowest BCUT2D eigenvalue weighted by Crippen LogP contribution is -2.58. The Balaban J connectivity index is 1.58. The molecule has 1 aliphatic heterocycles. The van der Waals surface area contributed by atoms with Gasteiger partial charge in [0.25, 0.3) is 0 Å². The monoisotopic (exact) mass is 322 g/mol. The number of rotatable bonds is 4. The molecule has 0 unspecified atom stereocenters. The van der Waals surface area contributed by atoms with E-state index in [4.69, 9.17) is 0 Å². The lowest BCUT2D eigenvalue weighted by molar-refractivity contribution is 0.0358. The maximum atomic E-state index is 12.1. The highest BCUT2D eigenvalue weighted by atomic mass is 32.1. The molecule has 122 valence electrons. The summed E-state index contributed by atoms with van der Waals surface area (Å²) in [6.07, 6.45) is 12.0. The van der Waals surface area contributed by atoms with Crippen LogP contribution in [0.2, 0.25) is 0 Å². The van der Waals surface area contributed by atoms with E-state index in [9.17, 15) is 4.79 Å². The molecule has 0 bridgehead atoms. The lowest BCUT2D eigenvalue weighted by Gasteiger charge is -2.48. The van der Waals surface area contributed by atoms with Crippen molar-refractivity contribution >= 4 is 22.5 Å². The molecule has 2 amide bonds. The Morgan fingerprint density at radius 1 is 1.18 bits per heavy atom. The first-order valence-electron chi connectivity index (χ1n) is 8.48. The maximum Gasteiger partial charge on any atom is 0.321 e. The number of carbonyl (C=O) groups excluding carboxylic acids is 1. The van der Waals surface area contributed by atoms with Gasteiger partial charge in [-0.3, -0.25) is 10.2 Å². The summed E-state index contributed by atoms with van der Waals surface area (Å²) in [6, 6.07) is -0.128. The van der Waals surface area contributed by atoms with Gasteiger partial charge in [0.15, 0.2) is 5.13 Å². The standard InChI is InChI=1S/C16H26N4OS/c21-14(19-15-17-9-12-22-15)18-13-16(7-3-1-4-8-16)20-10-5-2-6-11-20/h9,12H,1-8,10-11,13H2,(H2,17,18,19,21). The Morgan fingerprint density at radius 3 is 2.59 bits per heavy atom. The highest BCUT2D eigenvalue weighted by molar-refractivity contribution is 7.13. The minimum absolute atomic E-state index is 0.128. The van der Waals surface area contributed by atoms with Crippen molar-refractivity contribution in [1.82, 2.24) is 15.2 Å². The maximum absolute atomic E-state index is 12.1. The summed E-state index contributed by atoms with van der Waals surface area (Å²) in [5.74, 6) is 0. The van der Waals surface area contributed by atoms with Gasteiger partial charge >= 0.3 is 6.03 Å². The van der Waals surface area contributed by atoms with Crippen LogP contribution >= 0.6 is 11.3 Å². The number of nitrogens with one attached hydrogen (secondary N) is 2. The molecule has 1 saturated carbocycles. The predicted molar refractivity (Wildman–Crippen MR) is 90.4 cm³/mol. The minimum Gasteiger partial charge on any atom is -0.336 e. The molecule has 1 aromatic heterocycles. The summed E-state index contributed by atoms with van der Waals surface area (Å²) in [7, 11) is 0. The Morgan fingerprint density at radius 2 is 1.91 bits per heavy atom. The first kappa shape index (κ1) is 15.7. The number of piperidine rings is 1. The van der Waals surface area contributed by atoms with Crippen LogP contribution in [0.1, 0.15) is 51.4 Å². The van der Waals surface area contributed by atoms with Gasteiger partial charge in [0.05, 0.1) is 0 Å². The Hall–Kier alpha value is -1.14. The van der Waals surface area contributed by atoms with Gasteiger partial charge in [-0.15, -0.1) is 11.3 Å². The second kappa shape index (κ2) is 7.42. The van der Waals surface area contributed by atoms with Crippen molar-refractivity contribution in [2.45, 2.75) is 56.9 Å². The van der Waals surface area contributed by atoms with E-state index < -0.39 is 0 Å². The zero-order valence-electron chi connectivity index (χ0n) is 13.1. The van der Waals surface area contributed by atoms with Gasteiger partial charge in [-0.05, 0) is 38.8 Å². The molecule has 22 heavy (non-hydrogen) atoms. The van der Waals surface area contributed by atoms with Gasteiger partial charge in [-0.2, -0.15) is 0 Å². The third kappa shape index (κ3) is 3.79. The van der Waals surface area contributed by atoms with Crippen molar-refractivity contribution in [2.75, 3.05) is 25.0 Å².